The smallest absolute Gasteiger partial charge is 0.321 e. The first-order valence-electron chi connectivity index (χ1n) is 9.78. The maximum absolute atomic E-state index is 13.0. The van der Waals surface area contributed by atoms with Crippen molar-refractivity contribution in [3.63, 3.8) is 0 Å². The number of urea groups is 1. The fourth-order valence-corrected chi connectivity index (χ4v) is 4.73. The zero-order valence-electron chi connectivity index (χ0n) is 17.1. The van der Waals surface area contributed by atoms with E-state index in [4.69, 9.17) is 11.6 Å². The summed E-state index contributed by atoms with van der Waals surface area (Å²) in [5, 5.41) is 7.03. The lowest BCUT2D eigenvalue weighted by Gasteiger charge is -2.30. The number of anilines is 3. The fraction of sp³-hybridized carbons (Fsp3) is 0.174. The van der Waals surface area contributed by atoms with E-state index in [0.29, 0.717) is 28.5 Å². The van der Waals surface area contributed by atoms with Gasteiger partial charge in [-0.2, -0.15) is 0 Å². The molecule has 0 radical (unpaired) electrons. The molecule has 1 aliphatic heterocycles. The van der Waals surface area contributed by atoms with E-state index in [1.165, 1.54) is 0 Å². The van der Waals surface area contributed by atoms with E-state index in [0.717, 1.165) is 27.7 Å². The number of para-hydroxylation sites is 1. The molecular weight excluding hydrogens is 432 g/mol. The molecule has 0 spiro atoms. The lowest BCUT2D eigenvalue weighted by atomic mass is 10.1. The second-order valence-electron chi connectivity index (χ2n) is 7.18. The van der Waals surface area contributed by atoms with Crippen LogP contribution in [0.25, 0.3) is 0 Å². The second-order valence-corrected chi connectivity index (χ2v) is 8.67. The molecule has 0 atom stereocenters. The Bertz CT molecular complexity index is 1170. The summed E-state index contributed by atoms with van der Waals surface area (Å²) in [7, 11) is 0. The van der Waals surface area contributed by atoms with E-state index in [1.54, 1.807) is 65.2 Å². The van der Waals surface area contributed by atoms with Gasteiger partial charge in [0, 0.05) is 29.2 Å². The number of benzene rings is 2. The Balaban J connectivity index is 1.52. The van der Waals surface area contributed by atoms with Crippen molar-refractivity contribution < 1.29 is 9.59 Å². The van der Waals surface area contributed by atoms with Crippen molar-refractivity contribution in [2.24, 2.45) is 0 Å². The number of nitrogens with one attached hydrogen (secondary N) is 2. The number of nitrogens with zero attached hydrogens (tertiary/aromatic N) is 2. The second kappa shape index (κ2) is 8.99. The summed E-state index contributed by atoms with van der Waals surface area (Å²) < 4.78 is 0. The molecule has 0 fully saturated rings. The van der Waals surface area contributed by atoms with Crippen molar-refractivity contribution in [1.29, 1.82) is 0 Å². The molecule has 1 aromatic heterocycles. The third-order valence-corrected chi connectivity index (χ3v) is 6.12. The minimum atomic E-state index is -0.306. The molecule has 0 saturated carbocycles. The van der Waals surface area contributed by atoms with Gasteiger partial charge in [-0.05, 0) is 55.8 Å². The molecule has 0 aliphatic carbocycles. The van der Waals surface area contributed by atoms with Crippen molar-refractivity contribution in [3.05, 3.63) is 76.4 Å². The summed E-state index contributed by atoms with van der Waals surface area (Å²) in [6.07, 6.45) is 0. The Morgan fingerprint density at radius 2 is 1.87 bits per heavy atom. The molecule has 2 aromatic carbocycles. The largest absolute Gasteiger partial charge is 0.326 e. The summed E-state index contributed by atoms with van der Waals surface area (Å²) in [5.74, 6) is 0.468. The number of halogens is 1. The number of amides is 3. The molecule has 6 nitrogen and oxygen atoms in total. The highest BCUT2D eigenvalue weighted by atomic mass is 35.5. The van der Waals surface area contributed by atoms with Gasteiger partial charge < -0.3 is 10.6 Å². The first kappa shape index (κ1) is 21.2. The van der Waals surface area contributed by atoms with Crippen LogP contribution in [0.3, 0.4) is 0 Å². The van der Waals surface area contributed by atoms with Gasteiger partial charge in [0.25, 0.3) is 5.91 Å². The van der Waals surface area contributed by atoms with E-state index in [1.807, 2.05) is 19.9 Å². The molecule has 3 amide bonds. The number of aryl methyl sites for hydroxylation is 2. The number of carbonyl (C=O) groups excluding carboxylic acids is 2. The molecule has 8 heteroatoms. The molecule has 3 aromatic rings. The van der Waals surface area contributed by atoms with Crippen LogP contribution in [0, 0.1) is 13.8 Å². The SMILES string of the molecule is Cc1cc(C)c2c(n1)SCCN2C(=O)Nc1cccc(C(=O)Nc2ccccc2Cl)c1. The summed E-state index contributed by atoms with van der Waals surface area (Å²) in [5.41, 5.74) is 4.27. The molecular formula is C23H21ClN4O2S. The van der Waals surface area contributed by atoms with Crippen molar-refractivity contribution in [2.45, 2.75) is 18.9 Å². The molecule has 1 aliphatic rings. The van der Waals surface area contributed by atoms with Gasteiger partial charge in [0.15, 0.2) is 0 Å². The van der Waals surface area contributed by atoms with Crippen LogP contribution < -0.4 is 15.5 Å². The van der Waals surface area contributed by atoms with Crippen LogP contribution in [0.4, 0.5) is 21.9 Å². The summed E-state index contributed by atoms with van der Waals surface area (Å²) >= 11 is 7.78. The van der Waals surface area contributed by atoms with Crippen LogP contribution in [0.2, 0.25) is 5.02 Å². The molecule has 2 N–H and O–H groups in total. The Hall–Kier alpha value is -3.03. The van der Waals surface area contributed by atoms with Crippen LogP contribution in [0.5, 0.6) is 0 Å². The number of carbonyl (C=O) groups is 2. The Morgan fingerprint density at radius 3 is 2.68 bits per heavy atom. The van der Waals surface area contributed by atoms with Crippen molar-refractivity contribution in [1.82, 2.24) is 4.98 Å². The van der Waals surface area contributed by atoms with Gasteiger partial charge >= 0.3 is 6.03 Å². The summed E-state index contributed by atoms with van der Waals surface area (Å²) in [6, 6.07) is 15.6. The molecule has 0 bridgehead atoms. The third kappa shape index (κ3) is 4.68. The monoisotopic (exact) mass is 452 g/mol. The Labute approximate surface area is 190 Å². The summed E-state index contributed by atoms with van der Waals surface area (Å²) in [4.78, 5) is 32.0. The van der Waals surface area contributed by atoms with E-state index < -0.39 is 0 Å². The standard InChI is InChI=1S/C23H21ClN4O2S/c1-14-12-15(2)25-22-20(14)28(10-11-31-22)23(30)26-17-7-5-6-16(13-17)21(29)27-19-9-4-3-8-18(19)24/h3-9,12-13H,10-11H2,1-2H3,(H,26,30)(H,27,29). The highest BCUT2D eigenvalue weighted by Gasteiger charge is 2.26. The van der Waals surface area contributed by atoms with Crippen molar-refractivity contribution in [2.75, 3.05) is 27.8 Å². The predicted octanol–water partition coefficient (Wildman–Crippen LogP) is 5.75. The first-order chi connectivity index (χ1) is 14.9. The van der Waals surface area contributed by atoms with Crippen LogP contribution in [0.1, 0.15) is 21.6 Å². The highest BCUT2D eigenvalue weighted by Crippen LogP contribution is 2.36. The van der Waals surface area contributed by atoms with E-state index in [2.05, 4.69) is 15.6 Å². The molecule has 4 rings (SSSR count). The Morgan fingerprint density at radius 1 is 1.06 bits per heavy atom. The normalized spacial score (nSPS) is 12.8. The molecule has 0 unspecified atom stereocenters. The number of hydrogen-bond donors (Lipinski definition) is 2. The van der Waals surface area contributed by atoms with Crippen LogP contribution in [0.15, 0.2) is 59.6 Å². The number of aromatic nitrogens is 1. The topological polar surface area (TPSA) is 74.3 Å². The lowest BCUT2D eigenvalue weighted by molar-refractivity contribution is 0.102. The van der Waals surface area contributed by atoms with Gasteiger partial charge in [0.05, 0.1) is 16.4 Å². The number of pyridine rings is 1. The summed E-state index contributed by atoms with van der Waals surface area (Å²) in [6.45, 7) is 4.52. The maximum Gasteiger partial charge on any atom is 0.326 e. The van der Waals surface area contributed by atoms with Crippen LogP contribution >= 0.6 is 23.4 Å². The zero-order chi connectivity index (χ0) is 22.0. The third-order valence-electron chi connectivity index (χ3n) is 4.85. The van der Waals surface area contributed by atoms with E-state index in [9.17, 15) is 9.59 Å². The molecule has 31 heavy (non-hydrogen) atoms. The average molecular weight is 453 g/mol. The number of hydrogen-bond acceptors (Lipinski definition) is 4. The van der Waals surface area contributed by atoms with Gasteiger partial charge in [-0.1, -0.05) is 29.8 Å². The Kier molecular flexibility index (Phi) is 6.15. The van der Waals surface area contributed by atoms with Crippen LogP contribution in [-0.4, -0.2) is 29.2 Å². The molecule has 2 heterocycles. The van der Waals surface area contributed by atoms with Gasteiger partial charge in [-0.3, -0.25) is 9.69 Å². The highest BCUT2D eigenvalue weighted by molar-refractivity contribution is 7.99. The van der Waals surface area contributed by atoms with Gasteiger partial charge in [0.2, 0.25) is 0 Å². The van der Waals surface area contributed by atoms with Gasteiger partial charge in [-0.15, -0.1) is 11.8 Å². The van der Waals surface area contributed by atoms with Gasteiger partial charge in [0.1, 0.15) is 5.03 Å². The van der Waals surface area contributed by atoms with E-state index in [-0.39, 0.29) is 11.9 Å². The van der Waals surface area contributed by atoms with Crippen molar-refractivity contribution in [3.8, 4) is 0 Å². The first-order valence-corrected chi connectivity index (χ1v) is 11.1. The molecule has 0 saturated heterocycles. The van der Waals surface area contributed by atoms with Gasteiger partial charge in [-0.25, -0.2) is 9.78 Å². The zero-order valence-corrected chi connectivity index (χ0v) is 18.7. The van der Waals surface area contributed by atoms with Crippen LogP contribution in [-0.2, 0) is 0 Å². The number of rotatable bonds is 3. The number of thioether (sulfide) groups is 1. The van der Waals surface area contributed by atoms with Crippen molar-refractivity contribution >= 4 is 52.4 Å². The molecule has 158 valence electrons. The predicted molar refractivity (Wildman–Crippen MR) is 127 cm³/mol. The fourth-order valence-electron chi connectivity index (χ4n) is 3.46. The average Bonchev–Trinajstić information content (AvgIpc) is 2.75. The minimum absolute atomic E-state index is 0.251. The minimum Gasteiger partial charge on any atom is -0.321 e. The lowest BCUT2D eigenvalue weighted by Crippen LogP contribution is -2.39. The maximum atomic E-state index is 13.0. The quantitative estimate of drug-likeness (QED) is 0.530. The van der Waals surface area contributed by atoms with E-state index >= 15 is 0 Å². The number of fused-ring (bicyclic) bond motifs is 1.